The summed E-state index contributed by atoms with van der Waals surface area (Å²) in [6.45, 7) is -7.63. The number of rotatable bonds is 12. The second kappa shape index (κ2) is 5.93. The second-order valence-electron chi connectivity index (χ2n) is 31.4. The van der Waals surface area contributed by atoms with Crippen molar-refractivity contribution >= 4 is 74.1 Å². The van der Waals surface area contributed by atoms with Crippen LogP contribution in [-0.4, -0.2) is 16.2 Å². The molecule has 20 fully saturated rings. The zero-order valence-corrected chi connectivity index (χ0v) is 46.6. The van der Waals surface area contributed by atoms with Crippen LogP contribution in [0.25, 0.3) is 0 Å². The van der Waals surface area contributed by atoms with Crippen LogP contribution in [0, 0.1) is 0 Å². The molecule has 20 aliphatic rings. The van der Waals surface area contributed by atoms with Crippen LogP contribution in [0.2, 0.25) is 77.1 Å². The van der Waals surface area contributed by atoms with Crippen LogP contribution in [0.3, 0.4) is 0 Å². The molecule has 12 unspecified atom stereocenters. The predicted molar refractivity (Wildman–Crippen MR) is 307 cm³/mol. The molecule has 74 heavy (non-hydrogen) atoms. The van der Waals surface area contributed by atoms with Gasteiger partial charge < -0.3 is 0 Å². The van der Waals surface area contributed by atoms with Crippen LogP contribution >= 0.6 is 31.7 Å². The van der Waals surface area contributed by atoms with Gasteiger partial charge in [-0.2, -0.15) is 0 Å². The molecular formula is C68H56Fe2P4. The third-order valence-corrected chi connectivity index (χ3v) is 152. The molecule has 12 atom stereocenters. The van der Waals surface area contributed by atoms with E-state index in [9.17, 15) is 0 Å². The molecule has 28 rings (SSSR count). The van der Waals surface area contributed by atoms with E-state index in [4.69, 9.17) is 0 Å². The Labute approximate surface area is 419 Å². The van der Waals surface area contributed by atoms with Crippen LogP contribution in [-0.2, 0) is 13.0 Å². The Morgan fingerprint density at radius 2 is 0.405 bits per heavy atom. The third kappa shape index (κ3) is 0.963. The monoisotopic (exact) mass is 1110 g/mol. The molecule has 0 aromatic heterocycles. The normalized spacial score (nSPS) is 63.1. The molecular weight excluding hydrogens is 1050 g/mol. The van der Waals surface area contributed by atoms with Crippen molar-refractivity contribution in [3.63, 3.8) is 0 Å². The standard InChI is InChI=1S/C29H23P2.2C17H14P.C5H5.2Fe/c1-5-14-24(15-6-1)30(25-16-7-2-8-17-25)28-22-13-23-29(28)31(26-18-9-3-10-19-26)27-20-11-4-12-21-27;2*1-3-9-15(10-4-1)18(17-13-7-8-14-17)16-11-5-2-6-12-16;1-2-4-5-3-1;;/h1-23H;2*1-14H;1-5H;;. The number of fused-ring (bicyclic) bond motifs is 20. The zero-order valence-electron chi connectivity index (χ0n) is 40.8. The number of hydrogen-bond donors (Lipinski definition) is 0. The first-order chi connectivity index (χ1) is 36.2. The van der Waals surface area contributed by atoms with Crippen LogP contribution < -0.4 is 42.4 Å². The van der Waals surface area contributed by atoms with Gasteiger partial charge in [-0.3, -0.25) is 0 Å². The molecule has 0 aliphatic carbocycles. The van der Waals surface area contributed by atoms with Gasteiger partial charge in [0, 0.05) is 0 Å². The average molecular weight is 1110 g/mol. The molecule has 364 valence electrons. The van der Waals surface area contributed by atoms with Gasteiger partial charge in [-0.1, -0.05) is 0 Å². The van der Waals surface area contributed by atoms with Crippen molar-refractivity contribution in [2.45, 2.75) is 93.3 Å². The van der Waals surface area contributed by atoms with Crippen molar-refractivity contribution < 1.29 is 13.0 Å². The quantitative estimate of drug-likeness (QED) is 0.0845. The Morgan fingerprint density at radius 1 is 0.203 bits per heavy atom. The van der Waals surface area contributed by atoms with E-state index < -0.39 is 13.0 Å². The summed E-state index contributed by atoms with van der Waals surface area (Å²) in [7, 11) is -1.13. The molecule has 20 heterocycles. The van der Waals surface area contributed by atoms with E-state index in [2.05, 4.69) is 243 Å². The topological polar surface area (TPSA) is 0 Å². The Morgan fingerprint density at radius 3 is 0.581 bits per heavy atom. The molecule has 8 aromatic rings. The van der Waals surface area contributed by atoms with Crippen molar-refractivity contribution in [2.75, 3.05) is 0 Å². The molecule has 20 aliphatic heterocycles. The Balaban J connectivity index is 0.0000000965. The summed E-state index contributed by atoms with van der Waals surface area (Å²) < 4.78 is 3.08. The fraction of sp³-hybridized carbons (Fsp3) is 0.294. The zero-order chi connectivity index (χ0) is 47.1. The first-order valence-electron chi connectivity index (χ1n) is 28.3. The van der Waals surface area contributed by atoms with Gasteiger partial charge in [0.2, 0.25) is 0 Å². The number of hydrogen-bond acceptors (Lipinski definition) is 0. The molecule has 2 spiro atoms. The van der Waals surface area contributed by atoms with E-state index >= 15 is 0 Å². The average Bonchev–Trinajstić information content (AvgIpc) is 1.04. The Kier molecular flexibility index (Phi) is 2.93. The molecule has 0 N–H and O–H groups in total. The van der Waals surface area contributed by atoms with Crippen molar-refractivity contribution in [3.8, 4) is 0 Å². The maximum atomic E-state index is 2.55. The van der Waals surface area contributed by atoms with Gasteiger partial charge in [0.25, 0.3) is 0 Å². The summed E-state index contributed by atoms with van der Waals surface area (Å²) in [5.74, 6) is 0. The minimum atomic E-state index is -3.82. The molecule has 0 nitrogen and oxygen atoms in total. The molecule has 0 saturated carbocycles. The first-order valence-corrected chi connectivity index (χ1v) is 46.0. The third-order valence-electron chi connectivity index (χ3n) is 38.8. The van der Waals surface area contributed by atoms with E-state index in [1.54, 1.807) is 42.4 Å². The van der Waals surface area contributed by atoms with E-state index in [1.165, 1.54) is 77.1 Å². The molecule has 8 aromatic carbocycles. The van der Waals surface area contributed by atoms with Crippen LogP contribution in [0.1, 0.15) is 0 Å². The van der Waals surface area contributed by atoms with Gasteiger partial charge in [0.05, 0.1) is 0 Å². The molecule has 0 amide bonds. The van der Waals surface area contributed by atoms with Gasteiger partial charge in [0.15, 0.2) is 0 Å². The summed E-state index contributed by atoms with van der Waals surface area (Å²) >= 11 is 0. The predicted octanol–water partition coefficient (Wildman–Crippen LogP) is 14.9. The van der Waals surface area contributed by atoms with Crippen molar-refractivity contribution in [3.05, 3.63) is 243 Å². The van der Waals surface area contributed by atoms with Gasteiger partial charge in [0.1, 0.15) is 0 Å². The summed E-state index contributed by atoms with van der Waals surface area (Å²) in [4.78, 5) is 20.4. The number of benzene rings is 8. The summed E-state index contributed by atoms with van der Waals surface area (Å²) in [6, 6.07) is 96.2. The Bertz CT molecular complexity index is 4390. The van der Waals surface area contributed by atoms with E-state index in [0.29, 0.717) is 0 Å². The van der Waals surface area contributed by atoms with Crippen molar-refractivity contribution in [2.24, 2.45) is 0 Å². The minimum absolute atomic E-state index is 0.252. The van der Waals surface area contributed by atoms with E-state index in [0.717, 1.165) is 16.2 Å². The van der Waals surface area contributed by atoms with Crippen LogP contribution in [0.4, 0.5) is 0 Å². The summed E-state index contributed by atoms with van der Waals surface area (Å²) in [5.41, 5.74) is 0. The van der Waals surface area contributed by atoms with Gasteiger partial charge in [-0.15, -0.1) is 0 Å². The molecule has 0 radical (unpaired) electrons. The maximum absolute atomic E-state index is 3.82. The summed E-state index contributed by atoms with van der Waals surface area (Å²) in [6.07, 6.45) is 0. The molecule has 0 bridgehead atoms. The molecule has 6 heteroatoms. The molecule has 20 saturated heterocycles. The first kappa shape index (κ1) is 36.6. The Hall–Kier alpha value is -3.48. The van der Waals surface area contributed by atoms with Gasteiger partial charge in [-0.05, 0) is 0 Å². The van der Waals surface area contributed by atoms with Crippen molar-refractivity contribution in [1.29, 1.82) is 0 Å². The van der Waals surface area contributed by atoms with Gasteiger partial charge >= 0.3 is 423 Å². The van der Waals surface area contributed by atoms with Crippen molar-refractivity contribution in [1.82, 2.24) is 0 Å². The second-order valence-corrected chi connectivity index (χ2v) is 89.1. The summed E-state index contributed by atoms with van der Waals surface area (Å²) in [5, 5.41) is 13.7. The van der Waals surface area contributed by atoms with Crippen LogP contribution in [0.5, 0.6) is 0 Å². The van der Waals surface area contributed by atoms with Crippen LogP contribution in [0.15, 0.2) is 243 Å². The fourth-order valence-corrected chi connectivity index (χ4v) is 252. The fourth-order valence-electron chi connectivity index (χ4n) is 41.8. The van der Waals surface area contributed by atoms with Gasteiger partial charge in [-0.25, -0.2) is 0 Å². The van der Waals surface area contributed by atoms with E-state index in [-0.39, 0.29) is 31.7 Å². The van der Waals surface area contributed by atoms with E-state index in [1.807, 2.05) is 0 Å². The SMILES string of the molecule is c1ccc(P(c2ccccc2)[C]23[CH]4[CH]5[CH]6[CH]2[Fe]56432789[CH]3[CH]2[CH]7[C]8(P(c2ccccc2)c2ccccc2)[CH]39)cc1.c1ccc(P(c2ccccc2)[C]23[CH]4[CH]5[CH]6[C]2(P(c2ccccc2)c2ccccc2)[Fe]54632789[CH]3[CH]2[CH]7[CH]8[CH]39)cc1.